The maximum absolute atomic E-state index is 13.2. The van der Waals surface area contributed by atoms with E-state index in [1.54, 1.807) is 7.11 Å². The Morgan fingerprint density at radius 1 is 1.24 bits per heavy atom. The maximum atomic E-state index is 13.2. The Labute approximate surface area is 196 Å². The summed E-state index contributed by atoms with van der Waals surface area (Å²) in [6.45, 7) is 6.98. The first-order valence-corrected chi connectivity index (χ1v) is 11.2. The summed E-state index contributed by atoms with van der Waals surface area (Å²) in [6, 6.07) is 6.59. The van der Waals surface area contributed by atoms with Crippen LogP contribution in [-0.4, -0.2) is 53.8 Å². The molecular formula is C24H30F3N3O4. The minimum absolute atomic E-state index is 0.0258. The summed E-state index contributed by atoms with van der Waals surface area (Å²) in [5.74, 6) is 0.157. The van der Waals surface area contributed by atoms with Crippen LogP contribution in [0.25, 0.3) is 0 Å². The lowest BCUT2D eigenvalue weighted by Crippen LogP contribution is -2.38. The van der Waals surface area contributed by atoms with Gasteiger partial charge in [-0.2, -0.15) is 13.2 Å². The number of nitrogens with zero attached hydrogens (tertiary/aromatic N) is 2. The summed E-state index contributed by atoms with van der Waals surface area (Å²) in [5.41, 5.74) is -0.972. The van der Waals surface area contributed by atoms with Gasteiger partial charge in [-0.1, -0.05) is 19.9 Å². The Hall–Kier alpha value is -3.01. The lowest BCUT2D eigenvalue weighted by molar-refractivity contribution is -0.138. The van der Waals surface area contributed by atoms with Crippen LogP contribution in [0, 0.1) is 5.92 Å². The van der Waals surface area contributed by atoms with Crippen LogP contribution < -0.4 is 14.8 Å². The SMILES string of the molecule is COc1ccc(CN2CCC(Nc3cc(C(F)(F)F)c(C(=O)O)cn3)CC2)cc1OCC(C)C. The smallest absolute Gasteiger partial charge is 0.417 e. The molecule has 1 aromatic carbocycles. The van der Waals surface area contributed by atoms with E-state index in [1.807, 2.05) is 18.2 Å². The number of halogens is 3. The normalized spacial score (nSPS) is 15.4. The van der Waals surface area contributed by atoms with Crippen molar-refractivity contribution in [2.45, 2.75) is 45.5 Å². The number of methoxy groups -OCH3 is 1. The van der Waals surface area contributed by atoms with Crippen molar-refractivity contribution in [3.63, 3.8) is 0 Å². The first-order valence-electron chi connectivity index (χ1n) is 11.2. The minimum Gasteiger partial charge on any atom is -0.493 e. The Morgan fingerprint density at radius 2 is 1.94 bits per heavy atom. The van der Waals surface area contributed by atoms with E-state index >= 15 is 0 Å². The third-order valence-electron chi connectivity index (χ3n) is 5.59. The molecule has 2 N–H and O–H groups in total. The van der Waals surface area contributed by atoms with E-state index in [9.17, 15) is 18.0 Å². The summed E-state index contributed by atoms with van der Waals surface area (Å²) >= 11 is 0. The number of aromatic carboxylic acids is 1. The number of aromatic nitrogens is 1. The molecule has 1 saturated heterocycles. The van der Waals surface area contributed by atoms with Crippen molar-refractivity contribution in [3.05, 3.63) is 47.2 Å². The Bertz CT molecular complexity index is 990. The first-order chi connectivity index (χ1) is 16.1. The number of benzene rings is 1. The summed E-state index contributed by atoms with van der Waals surface area (Å²) in [5, 5.41) is 12.0. The van der Waals surface area contributed by atoms with E-state index in [0.29, 0.717) is 24.0 Å². The van der Waals surface area contributed by atoms with E-state index in [0.717, 1.165) is 50.3 Å². The number of alkyl halides is 3. The molecule has 1 aromatic heterocycles. The van der Waals surface area contributed by atoms with E-state index < -0.39 is 23.3 Å². The van der Waals surface area contributed by atoms with Crippen LogP contribution in [0.3, 0.4) is 0 Å². The van der Waals surface area contributed by atoms with Crippen molar-refractivity contribution in [1.82, 2.24) is 9.88 Å². The van der Waals surface area contributed by atoms with Gasteiger partial charge in [-0.15, -0.1) is 0 Å². The highest BCUT2D eigenvalue weighted by Gasteiger charge is 2.36. The molecule has 7 nitrogen and oxygen atoms in total. The molecule has 0 atom stereocenters. The second-order valence-corrected chi connectivity index (χ2v) is 8.80. The molecule has 3 rings (SSSR count). The second-order valence-electron chi connectivity index (χ2n) is 8.80. The molecule has 0 spiro atoms. The molecule has 2 aromatic rings. The van der Waals surface area contributed by atoms with Crippen LogP contribution in [0.1, 0.15) is 48.2 Å². The highest BCUT2D eigenvalue weighted by atomic mass is 19.4. The molecule has 1 aliphatic rings. The second kappa shape index (κ2) is 10.9. The van der Waals surface area contributed by atoms with Gasteiger partial charge in [0, 0.05) is 31.9 Å². The number of carboxylic acids is 1. The molecule has 1 aliphatic heterocycles. The Balaban J connectivity index is 1.59. The highest BCUT2D eigenvalue weighted by molar-refractivity contribution is 5.89. The summed E-state index contributed by atoms with van der Waals surface area (Å²) in [4.78, 5) is 17.2. The van der Waals surface area contributed by atoms with E-state index in [2.05, 4.69) is 29.0 Å². The van der Waals surface area contributed by atoms with Crippen LogP contribution in [0.5, 0.6) is 11.5 Å². The number of anilines is 1. The Morgan fingerprint density at radius 3 is 2.53 bits per heavy atom. The maximum Gasteiger partial charge on any atom is 0.417 e. The van der Waals surface area contributed by atoms with Crippen molar-refractivity contribution >= 4 is 11.8 Å². The minimum atomic E-state index is -4.77. The van der Waals surface area contributed by atoms with Gasteiger partial charge in [0.05, 0.1) is 24.8 Å². The number of carbonyl (C=O) groups is 1. The van der Waals surface area contributed by atoms with Gasteiger partial charge in [0.1, 0.15) is 5.82 Å². The van der Waals surface area contributed by atoms with E-state index in [-0.39, 0.29) is 11.9 Å². The molecule has 0 bridgehead atoms. The molecule has 1 fully saturated rings. The van der Waals surface area contributed by atoms with Crippen LogP contribution >= 0.6 is 0 Å². The topological polar surface area (TPSA) is 83.9 Å². The third-order valence-corrected chi connectivity index (χ3v) is 5.59. The lowest BCUT2D eigenvalue weighted by Gasteiger charge is -2.32. The predicted molar refractivity (Wildman–Crippen MR) is 121 cm³/mol. The monoisotopic (exact) mass is 481 g/mol. The predicted octanol–water partition coefficient (Wildman–Crippen LogP) is 4.92. The van der Waals surface area contributed by atoms with Gasteiger partial charge in [0.15, 0.2) is 11.5 Å². The zero-order chi connectivity index (χ0) is 24.9. The quantitative estimate of drug-likeness (QED) is 0.526. The number of nitrogens with one attached hydrogen (secondary N) is 1. The summed E-state index contributed by atoms with van der Waals surface area (Å²) in [7, 11) is 1.61. The number of hydrogen-bond donors (Lipinski definition) is 2. The van der Waals surface area contributed by atoms with Gasteiger partial charge in [-0.05, 0) is 42.5 Å². The van der Waals surface area contributed by atoms with E-state index in [1.165, 1.54) is 0 Å². The van der Waals surface area contributed by atoms with Crippen LogP contribution in [-0.2, 0) is 12.7 Å². The Kier molecular flexibility index (Phi) is 8.24. The number of pyridine rings is 1. The van der Waals surface area contributed by atoms with Crippen LogP contribution in [0.4, 0.5) is 19.0 Å². The van der Waals surface area contributed by atoms with Gasteiger partial charge in [0.2, 0.25) is 0 Å². The van der Waals surface area contributed by atoms with Crippen molar-refractivity contribution in [2.75, 3.05) is 32.1 Å². The first kappa shape index (κ1) is 25.6. The fraction of sp³-hybridized carbons (Fsp3) is 0.500. The molecule has 0 saturated carbocycles. The van der Waals surface area contributed by atoms with Gasteiger partial charge < -0.3 is 19.9 Å². The number of piperidine rings is 1. The standard InChI is InChI=1S/C24H30F3N3O4/c1-15(2)14-34-21-10-16(4-5-20(21)33-3)13-30-8-6-17(7-9-30)29-22-11-19(24(25,26)27)18(12-28-22)23(31)32/h4-5,10-12,15,17H,6-9,13-14H2,1-3H3,(H,28,29)(H,31,32). The largest absolute Gasteiger partial charge is 0.493 e. The van der Waals surface area contributed by atoms with Gasteiger partial charge in [-0.25, -0.2) is 9.78 Å². The number of ether oxygens (including phenoxy) is 2. The molecule has 0 amide bonds. The molecule has 186 valence electrons. The molecule has 0 aliphatic carbocycles. The van der Waals surface area contributed by atoms with Crippen molar-refractivity contribution < 1.29 is 32.5 Å². The highest BCUT2D eigenvalue weighted by Crippen LogP contribution is 2.34. The average molecular weight is 482 g/mol. The number of hydrogen-bond acceptors (Lipinski definition) is 6. The molecule has 0 radical (unpaired) electrons. The van der Waals surface area contributed by atoms with Crippen molar-refractivity contribution in [1.29, 1.82) is 0 Å². The summed E-state index contributed by atoms with van der Waals surface area (Å²) < 4.78 is 51.0. The average Bonchev–Trinajstić information content (AvgIpc) is 2.78. The fourth-order valence-electron chi connectivity index (χ4n) is 3.83. The number of rotatable bonds is 9. The molecule has 0 unspecified atom stereocenters. The molecule has 10 heteroatoms. The summed E-state index contributed by atoms with van der Waals surface area (Å²) in [6.07, 6.45) is -2.58. The van der Waals surface area contributed by atoms with Crippen LogP contribution in [0.2, 0.25) is 0 Å². The molecule has 2 heterocycles. The molecular weight excluding hydrogens is 451 g/mol. The third kappa shape index (κ3) is 6.75. The van der Waals surface area contributed by atoms with Gasteiger partial charge in [-0.3, -0.25) is 4.90 Å². The van der Waals surface area contributed by atoms with Crippen molar-refractivity contribution in [2.24, 2.45) is 5.92 Å². The van der Waals surface area contributed by atoms with Gasteiger partial charge >= 0.3 is 12.1 Å². The van der Waals surface area contributed by atoms with Crippen LogP contribution in [0.15, 0.2) is 30.5 Å². The molecule has 34 heavy (non-hydrogen) atoms. The van der Waals surface area contributed by atoms with Crippen molar-refractivity contribution in [3.8, 4) is 11.5 Å². The zero-order valence-corrected chi connectivity index (χ0v) is 19.5. The number of carboxylic acid groups (broad SMARTS) is 1. The van der Waals surface area contributed by atoms with Gasteiger partial charge in [0.25, 0.3) is 0 Å². The van der Waals surface area contributed by atoms with E-state index in [4.69, 9.17) is 14.6 Å². The lowest BCUT2D eigenvalue weighted by atomic mass is 10.0. The zero-order valence-electron chi connectivity index (χ0n) is 19.5. The fourth-order valence-corrected chi connectivity index (χ4v) is 3.83. The number of likely N-dealkylation sites (tertiary alicyclic amines) is 1.